The highest BCUT2D eigenvalue weighted by molar-refractivity contribution is 5.90. The van der Waals surface area contributed by atoms with Crippen molar-refractivity contribution in [1.29, 1.82) is 0 Å². The molecule has 2 heterocycles. The molecule has 2 aliphatic heterocycles. The Morgan fingerprint density at radius 1 is 0.964 bits per heavy atom. The molecule has 0 aromatic heterocycles. The first-order chi connectivity index (χ1) is 26.0. The van der Waals surface area contributed by atoms with E-state index in [1.54, 1.807) is 0 Å². The van der Waals surface area contributed by atoms with Gasteiger partial charge >= 0.3 is 5.97 Å². The molecule has 55 heavy (non-hydrogen) atoms. The normalized spacial score (nSPS) is 47.8. The molecule has 2 bridgehead atoms. The van der Waals surface area contributed by atoms with Gasteiger partial charge < -0.3 is 74.1 Å². The fraction of sp³-hybridized carbons (Fsp3) is 0.795. The van der Waals surface area contributed by atoms with Gasteiger partial charge in [0.25, 0.3) is 0 Å². The van der Waals surface area contributed by atoms with E-state index < -0.39 is 91.6 Å². The van der Waals surface area contributed by atoms with E-state index in [4.69, 9.17) is 28.4 Å². The summed E-state index contributed by atoms with van der Waals surface area (Å²) < 4.78 is 33.7. The van der Waals surface area contributed by atoms with Gasteiger partial charge in [0.05, 0.1) is 49.6 Å². The number of aliphatic hydroxyl groups is 7. The molecule has 4 aliphatic carbocycles. The number of hydrogen-bond donors (Lipinski definition) is 8. The molecule has 7 rings (SSSR count). The van der Waals surface area contributed by atoms with Gasteiger partial charge in [-0.2, -0.15) is 0 Å². The fourth-order valence-corrected chi connectivity index (χ4v) is 11.6. The van der Waals surface area contributed by atoms with Crippen molar-refractivity contribution >= 4 is 12.3 Å². The van der Waals surface area contributed by atoms with Gasteiger partial charge in [-0.05, 0) is 98.1 Å². The number of esters is 1. The summed E-state index contributed by atoms with van der Waals surface area (Å²) in [6.45, 7) is 2.23. The van der Waals surface area contributed by atoms with Crippen LogP contribution in [0, 0.1) is 34.0 Å². The van der Waals surface area contributed by atoms with Crippen LogP contribution in [0.4, 0.5) is 0 Å². The van der Waals surface area contributed by atoms with E-state index in [-0.39, 0.29) is 52.3 Å². The number of aromatic hydroxyl groups is 1. The Morgan fingerprint density at radius 2 is 1.73 bits per heavy atom. The Balaban J connectivity index is 0.976. The van der Waals surface area contributed by atoms with Crippen molar-refractivity contribution in [3.63, 3.8) is 0 Å². The molecule has 1 spiro atoms. The Bertz CT molecular complexity index is 1590. The summed E-state index contributed by atoms with van der Waals surface area (Å²) in [6, 6.07) is 3.79. The van der Waals surface area contributed by atoms with Crippen LogP contribution in [0.25, 0.3) is 0 Å². The lowest BCUT2D eigenvalue weighted by Crippen LogP contribution is -2.64. The zero-order valence-electron chi connectivity index (χ0n) is 31.5. The number of carbonyl (C=O) groups excluding carboxylic acids is 2. The molecule has 2 saturated heterocycles. The van der Waals surface area contributed by atoms with Gasteiger partial charge in [0.1, 0.15) is 43.4 Å². The van der Waals surface area contributed by atoms with Crippen LogP contribution in [0.2, 0.25) is 0 Å². The Morgan fingerprint density at radius 3 is 2.44 bits per heavy atom. The summed E-state index contributed by atoms with van der Waals surface area (Å²) in [5.41, 5.74) is -4.44. The van der Waals surface area contributed by atoms with Crippen molar-refractivity contribution in [3.8, 4) is 11.5 Å². The van der Waals surface area contributed by atoms with E-state index in [1.807, 2.05) is 6.92 Å². The Hall–Kier alpha value is -2.48. The molecular weight excluding hydrogens is 724 g/mol. The summed E-state index contributed by atoms with van der Waals surface area (Å²) in [5, 5.41) is 85.9. The van der Waals surface area contributed by atoms with Crippen LogP contribution in [0.3, 0.4) is 0 Å². The average molecular weight is 781 g/mol. The number of benzene rings is 1. The van der Waals surface area contributed by atoms with Gasteiger partial charge in [0.15, 0.2) is 29.7 Å². The highest BCUT2D eigenvalue weighted by Crippen LogP contribution is 2.73. The minimum Gasteiger partial charge on any atom is -0.504 e. The molecule has 1 aromatic rings. The molecule has 1 aromatic carbocycles. The maximum Gasteiger partial charge on any atom is 0.338 e. The number of phenolic OH excluding ortho intramolecular Hbond substituents is 1. The second-order valence-corrected chi connectivity index (χ2v) is 17.6. The van der Waals surface area contributed by atoms with E-state index in [9.17, 15) is 50.4 Å². The average Bonchev–Trinajstić information content (AvgIpc) is 3.57. The van der Waals surface area contributed by atoms with Crippen LogP contribution in [-0.4, -0.2) is 147 Å². The van der Waals surface area contributed by atoms with E-state index in [0.717, 1.165) is 44.8 Å². The van der Waals surface area contributed by atoms with Crippen molar-refractivity contribution in [1.82, 2.24) is 0 Å². The predicted octanol–water partition coefficient (Wildman–Crippen LogP) is 0.160. The second-order valence-electron chi connectivity index (χ2n) is 17.6. The third-order valence-electron chi connectivity index (χ3n) is 14.6. The predicted molar refractivity (Wildman–Crippen MR) is 187 cm³/mol. The number of aliphatic hydroxyl groups excluding tert-OH is 5. The first-order valence-electron chi connectivity index (χ1n) is 19.3. The molecule has 16 atom stereocenters. The van der Waals surface area contributed by atoms with Crippen molar-refractivity contribution in [2.75, 3.05) is 33.5 Å². The maximum absolute atomic E-state index is 13.1. The number of phenols is 1. The van der Waals surface area contributed by atoms with Crippen molar-refractivity contribution in [3.05, 3.63) is 23.8 Å². The topological polar surface area (TPSA) is 251 Å². The largest absolute Gasteiger partial charge is 0.504 e. The van der Waals surface area contributed by atoms with Gasteiger partial charge in [-0.15, -0.1) is 0 Å². The number of rotatable bonds is 11. The third-order valence-corrected chi connectivity index (χ3v) is 14.6. The Labute approximate surface area is 319 Å². The van der Waals surface area contributed by atoms with Crippen molar-refractivity contribution in [2.24, 2.45) is 34.0 Å². The number of methoxy groups -OCH3 is 1. The molecule has 4 saturated carbocycles. The first-order valence-corrected chi connectivity index (χ1v) is 19.3. The summed E-state index contributed by atoms with van der Waals surface area (Å²) >= 11 is 0. The van der Waals surface area contributed by atoms with Crippen LogP contribution >= 0.6 is 0 Å². The standard InChI is InChI=1S/C39H56O16/c1-35-10-9-27(36(2,16-40)25(35)8-11-37-13-21(5-7-26(35)37)38(48,15-37)17-41)55-33-30(45)29(44)28(43)24(54-33)14-51-34-31(46)39(49,19-53-34)18-52-32(47)20-4-6-22(42)23(12-20)50-3/h4,6,12,16,21,24-31,33-34,41-46,48-49H,5,7-11,13-15,17-19H2,1-3H3. The summed E-state index contributed by atoms with van der Waals surface area (Å²) in [5.74, 6) is -0.767. The zero-order chi connectivity index (χ0) is 39.7. The molecule has 0 radical (unpaired) electrons. The number of fused-ring (bicyclic) bond motifs is 3. The molecule has 0 amide bonds. The minimum absolute atomic E-state index is 0.0247. The number of carbonyl (C=O) groups is 2. The van der Waals surface area contributed by atoms with Crippen LogP contribution < -0.4 is 4.74 Å². The molecule has 8 N–H and O–H groups in total. The number of ether oxygens (including phenoxy) is 6. The van der Waals surface area contributed by atoms with E-state index in [0.29, 0.717) is 12.8 Å². The van der Waals surface area contributed by atoms with Crippen LogP contribution in [0.1, 0.15) is 75.6 Å². The van der Waals surface area contributed by atoms with Crippen molar-refractivity contribution in [2.45, 2.75) is 126 Å². The smallest absolute Gasteiger partial charge is 0.338 e. The molecule has 16 unspecified atom stereocenters. The second kappa shape index (κ2) is 14.7. The molecule has 6 fully saturated rings. The van der Waals surface area contributed by atoms with Crippen LogP contribution in [0.15, 0.2) is 18.2 Å². The number of hydrogen-bond acceptors (Lipinski definition) is 16. The van der Waals surface area contributed by atoms with E-state index >= 15 is 0 Å². The van der Waals surface area contributed by atoms with Crippen LogP contribution in [0.5, 0.6) is 11.5 Å². The van der Waals surface area contributed by atoms with Gasteiger partial charge in [-0.3, -0.25) is 0 Å². The van der Waals surface area contributed by atoms with Crippen LogP contribution in [-0.2, 0) is 28.5 Å². The molecule has 308 valence electrons. The lowest BCUT2D eigenvalue weighted by molar-refractivity contribution is -0.332. The Kier molecular flexibility index (Phi) is 10.9. The zero-order valence-corrected chi connectivity index (χ0v) is 31.5. The number of aldehydes is 1. The monoisotopic (exact) mass is 780 g/mol. The van der Waals surface area contributed by atoms with Gasteiger partial charge in [-0.25, -0.2) is 4.79 Å². The lowest BCUT2D eigenvalue weighted by atomic mass is 9.40. The fourth-order valence-electron chi connectivity index (χ4n) is 11.6. The summed E-state index contributed by atoms with van der Waals surface area (Å²) in [4.78, 5) is 25.7. The highest BCUT2D eigenvalue weighted by atomic mass is 16.7. The van der Waals surface area contributed by atoms with E-state index in [1.165, 1.54) is 25.3 Å². The highest BCUT2D eigenvalue weighted by Gasteiger charge is 2.69. The first kappa shape index (κ1) is 40.7. The molecule has 16 nitrogen and oxygen atoms in total. The lowest BCUT2D eigenvalue weighted by Gasteiger charge is -2.64. The SMILES string of the molecule is COc1cc(C(=O)OCC2(O)COC(OCC3OC(OC4CCC5(C)C6CCC7CC6(CCC5C4(C)C=O)CC7(O)CO)C(O)C(O)C3O)C2O)ccc1O. The quantitative estimate of drug-likeness (QED) is 0.0846. The third kappa shape index (κ3) is 6.68. The van der Waals surface area contributed by atoms with Gasteiger partial charge in [0.2, 0.25) is 0 Å². The molecule has 16 heteroatoms. The van der Waals surface area contributed by atoms with Gasteiger partial charge in [-0.1, -0.05) is 13.8 Å². The summed E-state index contributed by atoms with van der Waals surface area (Å²) in [6.07, 6.45) is -4.82. The van der Waals surface area contributed by atoms with Gasteiger partial charge in [0, 0.05) is 0 Å². The maximum atomic E-state index is 13.1. The molecule has 6 aliphatic rings. The van der Waals surface area contributed by atoms with E-state index in [2.05, 4.69) is 6.92 Å². The van der Waals surface area contributed by atoms with Crippen molar-refractivity contribution < 1.29 is 78.9 Å². The molecular formula is C39H56O16. The minimum atomic E-state index is -2.07. The summed E-state index contributed by atoms with van der Waals surface area (Å²) in [7, 11) is 1.31.